The van der Waals surface area contributed by atoms with E-state index in [-0.39, 0.29) is 35.8 Å². The number of primary amides is 1. The Kier molecular flexibility index (Phi) is 5.89. The number of rotatable bonds is 8. The molecule has 0 saturated carbocycles. The minimum absolute atomic E-state index is 0.0298. The Balaban J connectivity index is 3.21. The molecule has 7 nitrogen and oxygen atoms in total. The molecule has 0 heterocycles. The monoisotopic (exact) mass is 313 g/mol. The second-order valence-corrected chi connectivity index (χ2v) is 6.17. The lowest BCUT2D eigenvalue weighted by molar-refractivity contribution is 0.1000. The summed E-state index contributed by atoms with van der Waals surface area (Å²) >= 11 is 0. The van der Waals surface area contributed by atoms with Crippen molar-refractivity contribution >= 4 is 21.6 Å². The largest absolute Gasteiger partial charge is 0.398 e. The molecular formula is C13H19N3O4S. The first-order chi connectivity index (χ1) is 9.84. The molecule has 1 aromatic carbocycles. The predicted octanol–water partition coefficient (Wildman–Crippen LogP) is 0.191. The Labute approximate surface area is 124 Å². The molecular weight excluding hydrogens is 294 g/mol. The highest BCUT2D eigenvalue weighted by Crippen LogP contribution is 2.23. The third-order valence-electron chi connectivity index (χ3n) is 2.79. The topological polar surface area (TPSA) is 116 Å². The van der Waals surface area contributed by atoms with Gasteiger partial charge in [-0.3, -0.25) is 4.79 Å². The predicted molar refractivity (Wildman–Crippen MR) is 80.2 cm³/mol. The van der Waals surface area contributed by atoms with Crippen LogP contribution in [0.15, 0.2) is 35.7 Å². The van der Waals surface area contributed by atoms with Crippen molar-refractivity contribution in [2.24, 2.45) is 5.73 Å². The lowest BCUT2D eigenvalue weighted by atomic mass is 10.2. The molecule has 1 amide bonds. The van der Waals surface area contributed by atoms with Crippen LogP contribution in [0.3, 0.4) is 0 Å². The van der Waals surface area contributed by atoms with Gasteiger partial charge in [0.1, 0.15) is 4.90 Å². The van der Waals surface area contributed by atoms with E-state index in [1.54, 1.807) is 0 Å². The highest BCUT2D eigenvalue weighted by atomic mass is 32.2. The van der Waals surface area contributed by atoms with Gasteiger partial charge in [0, 0.05) is 25.8 Å². The van der Waals surface area contributed by atoms with Crippen molar-refractivity contribution in [3.8, 4) is 0 Å². The molecule has 0 saturated heterocycles. The maximum absolute atomic E-state index is 12.6. The van der Waals surface area contributed by atoms with Crippen LogP contribution in [0.4, 0.5) is 5.69 Å². The Hall–Kier alpha value is -1.90. The Bertz CT molecular complexity index is 628. The summed E-state index contributed by atoms with van der Waals surface area (Å²) in [6.07, 6.45) is 1.47. The number of hydrogen-bond acceptors (Lipinski definition) is 5. The zero-order valence-corrected chi connectivity index (χ0v) is 12.6. The Morgan fingerprint density at radius 3 is 2.62 bits per heavy atom. The SMILES string of the molecule is C=CCN(CCOC)S(=O)(=O)c1ccc(C(N)=O)cc1N. The average Bonchev–Trinajstić information content (AvgIpc) is 2.42. The van der Waals surface area contributed by atoms with E-state index in [4.69, 9.17) is 16.2 Å². The molecule has 0 radical (unpaired) electrons. The van der Waals surface area contributed by atoms with Gasteiger partial charge in [-0.1, -0.05) is 6.08 Å². The minimum Gasteiger partial charge on any atom is -0.398 e. The van der Waals surface area contributed by atoms with E-state index >= 15 is 0 Å². The molecule has 0 aliphatic rings. The van der Waals surface area contributed by atoms with E-state index in [9.17, 15) is 13.2 Å². The van der Waals surface area contributed by atoms with Crippen molar-refractivity contribution in [1.29, 1.82) is 0 Å². The number of sulfonamides is 1. The molecule has 8 heteroatoms. The molecule has 0 unspecified atom stereocenters. The van der Waals surface area contributed by atoms with Gasteiger partial charge in [-0.15, -0.1) is 6.58 Å². The van der Waals surface area contributed by atoms with Gasteiger partial charge in [0.15, 0.2) is 0 Å². The second-order valence-electron chi connectivity index (χ2n) is 4.26. The molecule has 116 valence electrons. The zero-order chi connectivity index (χ0) is 16.0. The molecule has 1 aromatic rings. The zero-order valence-electron chi connectivity index (χ0n) is 11.8. The summed E-state index contributed by atoms with van der Waals surface area (Å²) in [4.78, 5) is 11.0. The van der Waals surface area contributed by atoms with E-state index in [2.05, 4.69) is 6.58 Å². The van der Waals surface area contributed by atoms with Gasteiger partial charge in [0.25, 0.3) is 0 Å². The summed E-state index contributed by atoms with van der Waals surface area (Å²) in [6, 6.07) is 3.85. The summed E-state index contributed by atoms with van der Waals surface area (Å²) in [5, 5.41) is 0. The number of ether oxygens (including phenoxy) is 1. The van der Waals surface area contributed by atoms with Crippen LogP contribution in [0.25, 0.3) is 0 Å². The van der Waals surface area contributed by atoms with E-state index in [1.807, 2.05) is 0 Å². The van der Waals surface area contributed by atoms with E-state index in [1.165, 1.54) is 35.7 Å². The third-order valence-corrected chi connectivity index (χ3v) is 4.73. The van der Waals surface area contributed by atoms with Crippen LogP contribution in [0.5, 0.6) is 0 Å². The van der Waals surface area contributed by atoms with Gasteiger partial charge < -0.3 is 16.2 Å². The molecule has 0 aromatic heterocycles. The van der Waals surface area contributed by atoms with Gasteiger partial charge in [-0.05, 0) is 18.2 Å². The highest BCUT2D eigenvalue weighted by molar-refractivity contribution is 7.89. The number of carbonyl (C=O) groups excluding carboxylic acids is 1. The number of nitrogens with zero attached hydrogens (tertiary/aromatic N) is 1. The Morgan fingerprint density at radius 2 is 2.14 bits per heavy atom. The summed E-state index contributed by atoms with van der Waals surface area (Å²) in [6.45, 7) is 4.07. The van der Waals surface area contributed by atoms with Crippen LogP contribution in [-0.4, -0.2) is 45.4 Å². The number of hydrogen-bond donors (Lipinski definition) is 2. The molecule has 21 heavy (non-hydrogen) atoms. The van der Waals surface area contributed by atoms with Crippen molar-refractivity contribution in [3.05, 3.63) is 36.4 Å². The molecule has 0 spiro atoms. The molecule has 0 aliphatic carbocycles. The van der Waals surface area contributed by atoms with Crippen LogP contribution in [0, 0.1) is 0 Å². The normalized spacial score (nSPS) is 11.5. The molecule has 0 bridgehead atoms. The summed E-state index contributed by atoms with van der Waals surface area (Å²) in [5.41, 5.74) is 11.0. The van der Waals surface area contributed by atoms with Crippen LogP contribution in [-0.2, 0) is 14.8 Å². The fourth-order valence-electron chi connectivity index (χ4n) is 1.72. The first-order valence-electron chi connectivity index (χ1n) is 6.14. The van der Waals surface area contributed by atoms with Crippen LogP contribution in [0.2, 0.25) is 0 Å². The Morgan fingerprint density at radius 1 is 1.48 bits per heavy atom. The van der Waals surface area contributed by atoms with Gasteiger partial charge >= 0.3 is 0 Å². The van der Waals surface area contributed by atoms with Crippen molar-refractivity contribution in [3.63, 3.8) is 0 Å². The first-order valence-corrected chi connectivity index (χ1v) is 7.58. The maximum Gasteiger partial charge on any atom is 0.248 e. The lowest BCUT2D eigenvalue weighted by Gasteiger charge is -2.21. The molecule has 0 aliphatic heterocycles. The van der Waals surface area contributed by atoms with E-state index < -0.39 is 15.9 Å². The van der Waals surface area contributed by atoms with Crippen molar-refractivity contribution in [2.45, 2.75) is 4.90 Å². The molecule has 0 atom stereocenters. The number of anilines is 1. The lowest BCUT2D eigenvalue weighted by Crippen LogP contribution is -2.34. The minimum atomic E-state index is -3.80. The molecule has 1 rings (SSSR count). The fraction of sp³-hybridized carbons (Fsp3) is 0.308. The van der Waals surface area contributed by atoms with Gasteiger partial charge in [-0.25, -0.2) is 8.42 Å². The van der Waals surface area contributed by atoms with Gasteiger partial charge in [0.2, 0.25) is 15.9 Å². The number of benzene rings is 1. The number of nitrogen functional groups attached to an aromatic ring is 1. The van der Waals surface area contributed by atoms with Crippen LogP contribution < -0.4 is 11.5 Å². The van der Waals surface area contributed by atoms with E-state index in [0.717, 1.165) is 0 Å². The van der Waals surface area contributed by atoms with Crippen LogP contribution >= 0.6 is 0 Å². The standard InChI is InChI=1S/C13H19N3O4S/c1-3-6-16(7-8-20-2)21(18,19)12-5-4-10(13(15)17)9-11(12)14/h3-5,9H,1,6-8,14H2,2H3,(H2,15,17). The molecule has 0 fully saturated rings. The van der Waals surface area contributed by atoms with Crippen molar-refractivity contribution < 1.29 is 17.9 Å². The average molecular weight is 313 g/mol. The number of methoxy groups -OCH3 is 1. The van der Waals surface area contributed by atoms with Gasteiger partial charge in [0.05, 0.1) is 12.3 Å². The smallest absolute Gasteiger partial charge is 0.248 e. The fourth-order valence-corrected chi connectivity index (χ4v) is 3.21. The van der Waals surface area contributed by atoms with Gasteiger partial charge in [-0.2, -0.15) is 4.31 Å². The number of nitrogens with two attached hydrogens (primary N) is 2. The number of carbonyl (C=O) groups is 1. The maximum atomic E-state index is 12.6. The summed E-state index contributed by atoms with van der Waals surface area (Å²) in [7, 11) is -2.32. The number of amides is 1. The quantitative estimate of drug-likeness (QED) is 0.525. The third kappa shape index (κ3) is 4.03. The highest BCUT2D eigenvalue weighted by Gasteiger charge is 2.25. The van der Waals surface area contributed by atoms with Crippen molar-refractivity contribution in [2.75, 3.05) is 32.5 Å². The van der Waals surface area contributed by atoms with Crippen molar-refractivity contribution in [1.82, 2.24) is 4.31 Å². The second kappa shape index (κ2) is 7.21. The first kappa shape index (κ1) is 17.2. The van der Waals surface area contributed by atoms with E-state index in [0.29, 0.717) is 0 Å². The summed E-state index contributed by atoms with van der Waals surface area (Å²) in [5.74, 6) is -0.673. The molecule has 4 N–H and O–H groups in total. The summed E-state index contributed by atoms with van der Waals surface area (Å²) < 4.78 is 31.2. The van der Waals surface area contributed by atoms with Crippen LogP contribution in [0.1, 0.15) is 10.4 Å².